The van der Waals surface area contributed by atoms with E-state index in [4.69, 9.17) is 4.74 Å². The Balaban J connectivity index is 2.13. The van der Waals surface area contributed by atoms with E-state index in [2.05, 4.69) is 34.4 Å². The SMILES string of the molecule is CCCNc1cc(NC2(C)CCCC2)nc(COCC)n1. The van der Waals surface area contributed by atoms with E-state index in [1.165, 1.54) is 25.7 Å². The Bertz CT molecular complexity index is 418. The Labute approximate surface area is 127 Å². The third kappa shape index (κ3) is 4.84. The minimum absolute atomic E-state index is 0.166. The highest BCUT2D eigenvalue weighted by atomic mass is 16.5. The smallest absolute Gasteiger partial charge is 0.158 e. The summed E-state index contributed by atoms with van der Waals surface area (Å²) >= 11 is 0. The second-order valence-electron chi connectivity index (χ2n) is 6.01. The highest BCUT2D eigenvalue weighted by molar-refractivity contribution is 5.49. The molecule has 1 aromatic rings. The van der Waals surface area contributed by atoms with Gasteiger partial charge in [-0.25, -0.2) is 9.97 Å². The first kappa shape index (κ1) is 16.0. The average molecular weight is 292 g/mol. The zero-order valence-electron chi connectivity index (χ0n) is 13.5. The molecule has 0 aromatic carbocycles. The van der Waals surface area contributed by atoms with Gasteiger partial charge in [0.25, 0.3) is 0 Å². The van der Waals surface area contributed by atoms with Crippen molar-refractivity contribution >= 4 is 11.6 Å². The summed E-state index contributed by atoms with van der Waals surface area (Å²) in [6, 6.07) is 2.01. The van der Waals surface area contributed by atoms with Gasteiger partial charge in [-0.2, -0.15) is 0 Å². The molecule has 21 heavy (non-hydrogen) atoms. The Kier molecular flexibility index (Phi) is 5.79. The Hall–Kier alpha value is -1.36. The van der Waals surface area contributed by atoms with Gasteiger partial charge in [0.2, 0.25) is 0 Å². The summed E-state index contributed by atoms with van der Waals surface area (Å²) in [5.41, 5.74) is 0.166. The van der Waals surface area contributed by atoms with Gasteiger partial charge >= 0.3 is 0 Å². The van der Waals surface area contributed by atoms with E-state index in [1.54, 1.807) is 0 Å². The Morgan fingerprint density at radius 1 is 1.19 bits per heavy atom. The number of nitrogens with zero attached hydrogens (tertiary/aromatic N) is 2. The molecule has 1 aliphatic rings. The number of anilines is 2. The van der Waals surface area contributed by atoms with E-state index in [0.29, 0.717) is 13.2 Å². The van der Waals surface area contributed by atoms with Gasteiger partial charge < -0.3 is 15.4 Å². The van der Waals surface area contributed by atoms with Crippen LogP contribution in [0.4, 0.5) is 11.6 Å². The number of ether oxygens (including phenoxy) is 1. The number of rotatable bonds is 8. The van der Waals surface area contributed by atoms with Crippen LogP contribution in [0.15, 0.2) is 6.07 Å². The molecule has 1 heterocycles. The predicted octanol–water partition coefficient (Wildman–Crippen LogP) is 3.58. The van der Waals surface area contributed by atoms with Crippen LogP contribution in [-0.4, -0.2) is 28.7 Å². The van der Waals surface area contributed by atoms with Crippen LogP contribution in [0.5, 0.6) is 0 Å². The third-order valence-corrected chi connectivity index (χ3v) is 3.90. The van der Waals surface area contributed by atoms with Crippen LogP contribution in [0.3, 0.4) is 0 Å². The van der Waals surface area contributed by atoms with E-state index in [-0.39, 0.29) is 5.54 Å². The number of hydrogen-bond acceptors (Lipinski definition) is 5. The lowest BCUT2D eigenvalue weighted by atomic mass is 10.0. The van der Waals surface area contributed by atoms with Crippen molar-refractivity contribution in [3.63, 3.8) is 0 Å². The zero-order chi connectivity index (χ0) is 15.1. The fourth-order valence-electron chi connectivity index (χ4n) is 2.75. The van der Waals surface area contributed by atoms with Crippen molar-refractivity contribution in [1.82, 2.24) is 9.97 Å². The van der Waals surface area contributed by atoms with Crippen molar-refractivity contribution in [2.24, 2.45) is 0 Å². The predicted molar refractivity (Wildman–Crippen MR) is 86.6 cm³/mol. The molecular weight excluding hydrogens is 264 g/mol. The molecule has 2 rings (SSSR count). The summed E-state index contributed by atoms with van der Waals surface area (Å²) in [6.45, 7) is 8.47. The molecule has 0 bridgehead atoms. The summed E-state index contributed by atoms with van der Waals surface area (Å²) in [5.74, 6) is 2.52. The van der Waals surface area contributed by atoms with Gasteiger partial charge in [0.05, 0.1) is 0 Å². The molecule has 0 saturated heterocycles. The van der Waals surface area contributed by atoms with E-state index < -0.39 is 0 Å². The van der Waals surface area contributed by atoms with Crippen LogP contribution in [-0.2, 0) is 11.3 Å². The molecule has 1 aliphatic carbocycles. The summed E-state index contributed by atoms with van der Waals surface area (Å²) in [6.07, 6.45) is 6.07. The lowest BCUT2D eigenvalue weighted by Crippen LogP contribution is -2.31. The van der Waals surface area contributed by atoms with Crippen molar-refractivity contribution < 1.29 is 4.74 Å². The van der Waals surface area contributed by atoms with Crippen molar-refractivity contribution in [3.8, 4) is 0 Å². The summed E-state index contributed by atoms with van der Waals surface area (Å²) in [5, 5.41) is 6.95. The van der Waals surface area contributed by atoms with Gasteiger partial charge in [-0.1, -0.05) is 19.8 Å². The maximum Gasteiger partial charge on any atom is 0.158 e. The molecule has 5 nitrogen and oxygen atoms in total. The lowest BCUT2D eigenvalue weighted by molar-refractivity contribution is 0.128. The topological polar surface area (TPSA) is 59.1 Å². The molecule has 1 saturated carbocycles. The molecule has 1 aromatic heterocycles. The molecule has 5 heteroatoms. The summed E-state index contributed by atoms with van der Waals surface area (Å²) < 4.78 is 5.45. The quantitative estimate of drug-likeness (QED) is 0.767. The molecule has 0 atom stereocenters. The standard InChI is InChI=1S/C16H28N4O/c1-4-10-17-13-11-14(19-15(18-13)12-21-5-2)20-16(3)8-6-7-9-16/h11H,4-10,12H2,1-3H3,(H2,17,18,19,20). The molecule has 0 radical (unpaired) electrons. The summed E-state index contributed by atoms with van der Waals surface area (Å²) in [7, 11) is 0. The van der Waals surface area contributed by atoms with Gasteiger partial charge in [0.15, 0.2) is 5.82 Å². The number of hydrogen-bond donors (Lipinski definition) is 2. The molecule has 0 spiro atoms. The van der Waals surface area contributed by atoms with Crippen LogP contribution in [0, 0.1) is 0 Å². The van der Waals surface area contributed by atoms with Gasteiger partial charge in [0, 0.05) is 24.8 Å². The van der Waals surface area contributed by atoms with Crippen molar-refractivity contribution in [1.29, 1.82) is 0 Å². The first-order valence-electron chi connectivity index (χ1n) is 8.13. The van der Waals surface area contributed by atoms with Crippen LogP contribution in [0.2, 0.25) is 0 Å². The first-order valence-corrected chi connectivity index (χ1v) is 8.13. The number of aromatic nitrogens is 2. The fraction of sp³-hybridized carbons (Fsp3) is 0.750. The molecule has 0 aliphatic heterocycles. The average Bonchev–Trinajstić information content (AvgIpc) is 2.89. The van der Waals surface area contributed by atoms with Crippen molar-refractivity contribution in [2.45, 2.75) is 65.0 Å². The molecule has 2 N–H and O–H groups in total. The van der Waals surface area contributed by atoms with E-state index in [9.17, 15) is 0 Å². The van der Waals surface area contributed by atoms with E-state index in [1.807, 2.05) is 13.0 Å². The Morgan fingerprint density at radius 2 is 1.90 bits per heavy atom. The van der Waals surface area contributed by atoms with E-state index >= 15 is 0 Å². The second-order valence-corrected chi connectivity index (χ2v) is 6.01. The third-order valence-electron chi connectivity index (χ3n) is 3.90. The number of nitrogens with one attached hydrogen (secondary N) is 2. The minimum atomic E-state index is 0.166. The molecular formula is C16H28N4O. The first-order chi connectivity index (χ1) is 10.1. The molecule has 0 unspecified atom stereocenters. The van der Waals surface area contributed by atoms with E-state index in [0.717, 1.165) is 30.4 Å². The summed E-state index contributed by atoms with van der Waals surface area (Å²) in [4.78, 5) is 9.12. The maximum atomic E-state index is 5.45. The molecule has 1 fully saturated rings. The van der Waals surface area contributed by atoms with Crippen LogP contribution in [0.1, 0.15) is 58.7 Å². The van der Waals surface area contributed by atoms with Gasteiger partial charge in [-0.15, -0.1) is 0 Å². The van der Waals surface area contributed by atoms with Gasteiger partial charge in [-0.3, -0.25) is 0 Å². The van der Waals surface area contributed by atoms with Gasteiger partial charge in [-0.05, 0) is 33.1 Å². The zero-order valence-corrected chi connectivity index (χ0v) is 13.5. The van der Waals surface area contributed by atoms with Crippen molar-refractivity contribution in [3.05, 3.63) is 11.9 Å². The lowest BCUT2D eigenvalue weighted by Gasteiger charge is -2.26. The van der Waals surface area contributed by atoms with Crippen LogP contribution >= 0.6 is 0 Å². The Morgan fingerprint density at radius 3 is 2.57 bits per heavy atom. The second kappa shape index (κ2) is 7.59. The monoisotopic (exact) mass is 292 g/mol. The minimum Gasteiger partial charge on any atom is -0.374 e. The fourth-order valence-corrected chi connectivity index (χ4v) is 2.75. The highest BCUT2D eigenvalue weighted by Crippen LogP contribution is 2.32. The van der Waals surface area contributed by atoms with Gasteiger partial charge in [0.1, 0.15) is 18.2 Å². The largest absolute Gasteiger partial charge is 0.374 e. The van der Waals surface area contributed by atoms with Crippen LogP contribution < -0.4 is 10.6 Å². The molecule has 118 valence electrons. The molecule has 0 amide bonds. The van der Waals surface area contributed by atoms with Crippen LogP contribution in [0.25, 0.3) is 0 Å². The maximum absolute atomic E-state index is 5.45. The normalized spacial score (nSPS) is 16.9. The van der Waals surface area contributed by atoms with Crippen molar-refractivity contribution in [2.75, 3.05) is 23.8 Å². The highest BCUT2D eigenvalue weighted by Gasteiger charge is 2.28.